The summed E-state index contributed by atoms with van der Waals surface area (Å²) in [5.74, 6) is -1.12. The fourth-order valence-electron chi connectivity index (χ4n) is 3.71. The van der Waals surface area contributed by atoms with Crippen molar-refractivity contribution in [1.29, 1.82) is 0 Å². The molecule has 0 fully saturated rings. The second kappa shape index (κ2) is 17.6. The molecule has 0 radical (unpaired) electrons. The largest absolute Gasteiger partial charge is 0.545 e. The van der Waals surface area contributed by atoms with Crippen molar-refractivity contribution in [3.63, 3.8) is 0 Å². The van der Waals surface area contributed by atoms with Crippen LogP contribution >= 0.6 is 0 Å². The lowest BCUT2D eigenvalue weighted by atomic mass is 10.0. The molecule has 0 heterocycles. The standard InChI is InChI=1S/C25H43NO2/c1-2-3-4-5-6-7-8-9-10-11-12-13-14-15-16-19-22-26-24-21-18-17-20-23(24)25(27)28/h17-18,20-21,26H,2-16,19,22H2,1H3,(H,27,28)/p-1. The van der Waals surface area contributed by atoms with Gasteiger partial charge in [0.05, 0.1) is 5.97 Å². The van der Waals surface area contributed by atoms with Crippen molar-refractivity contribution in [2.75, 3.05) is 11.9 Å². The van der Waals surface area contributed by atoms with Crippen LogP contribution < -0.4 is 10.4 Å². The minimum atomic E-state index is -1.12. The van der Waals surface area contributed by atoms with Crippen LogP contribution in [0.15, 0.2) is 24.3 Å². The molecule has 0 saturated heterocycles. The zero-order valence-electron chi connectivity index (χ0n) is 18.1. The summed E-state index contributed by atoms with van der Waals surface area (Å²) in [5.41, 5.74) is 0.919. The molecule has 0 saturated carbocycles. The lowest BCUT2D eigenvalue weighted by Gasteiger charge is -2.12. The van der Waals surface area contributed by atoms with Gasteiger partial charge in [-0.1, -0.05) is 121 Å². The van der Waals surface area contributed by atoms with Crippen LogP contribution in [0, 0.1) is 0 Å². The van der Waals surface area contributed by atoms with Gasteiger partial charge < -0.3 is 15.2 Å². The maximum Gasteiger partial charge on any atom is 0.0736 e. The Hall–Kier alpha value is -1.51. The fraction of sp³-hybridized carbons (Fsp3) is 0.720. The minimum absolute atomic E-state index is 0.249. The monoisotopic (exact) mass is 388 g/mol. The highest BCUT2D eigenvalue weighted by Gasteiger charge is 2.01. The Kier molecular flexibility index (Phi) is 15.4. The van der Waals surface area contributed by atoms with Crippen LogP contribution in [0.3, 0.4) is 0 Å². The van der Waals surface area contributed by atoms with E-state index in [9.17, 15) is 9.90 Å². The summed E-state index contributed by atoms with van der Waals surface area (Å²) >= 11 is 0. The van der Waals surface area contributed by atoms with Gasteiger partial charge in [-0.15, -0.1) is 0 Å². The molecule has 0 bridgehead atoms. The van der Waals surface area contributed by atoms with Crippen molar-refractivity contribution < 1.29 is 9.90 Å². The van der Waals surface area contributed by atoms with Crippen molar-refractivity contribution in [3.05, 3.63) is 29.8 Å². The highest BCUT2D eigenvalue weighted by molar-refractivity contribution is 5.92. The SMILES string of the molecule is CCCCCCCCCCCCCCCCCCNc1ccccc1C(=O)[O-]. The van der Waals surface area contributed by atoms with Crippen molar-refractivity contribution >= 4 is 11.7 Å². The number of hydrogen-bond acceptors (Lipinski definition) is 3. The summed E-state index contributed by atoms with van der Waals surface area (Å²) in [7, 11) is 0. The molecular weight excluding hydrogens is 346 g/mol. The van der Waals surface area contributed by atoms with Crippen LogP contribution in [-0.2, 0) is 0 Å². The zero-order valence-corrected chi connectivity index (χ0v) is 18.1. The molecule has 0 unspecified atom stereocenters. The molecule has 0 aliphatic carbocycles. The Balaban J connectivity index is 1.83. The molecule has 0 amide bonds. The summed E-state index contributed by atoms with van der Waals surface area (Å²) in [6.07, 6.45) is 21.8. The van der Waals surface area contributed by atoms with Gasteiger partial charge in [-0.25, -0.2) is 0 Å². The van der Waals surface area contributed by atoms with Crippen LogP contribution in [0.4, 0.5) is 5.69 Å². The van der Waals surface area contributed by atoms with E-state index in [1.54, 1.807) is 18.2 Å². The number of benzene rings is 1. The van der Waals surface area contributed by atoms with E-state index in [1.165, 1.54) is 96.3 Å². The lowest BCUT2D eigenvalue weighted by molar-refractivity contribution is -0.254. The maximum atomic E-state index is 11.1. The molecule has 1 aromatic carbocycles. The number of carboxylic acids is 1. The van der Waals surface area contributed by atoms with Gasteiger partial charge in [0.15, 0.2) is 0 Å². The maximum absolute atomic E-state index is 11.1. The quantitative estimate of drug-likeness (QED) is 0.267. The first-order valence-electron chi connectivity index (χ1n) is 11.8. The number of rotatable bonds is 19. The van der Waals surface area contributed by atoms with Crippen LogP contribution in [0.1, 0.15) is 120 Å². The van der Waals surface area contributed by atoms with E-state index in [4.69, 9.17) is 0 Å². The number of carbonyl (C=O) groups is 1. The molecule has 0 spiro atoms. The van der Waals surface area contributed by atoms with E-state index in [-0.39, 0.29) is 5.56 Å². The number of aromatic carboxylic acids is 1. The van der Waals surface area contributed by atoms with Crippen molar-refractivity contribution in [3.8, 4) is 0 Å². The van der Waals surface area contributed by atoms with Crippen LogP contribution in [0.5, 0.6) is 0 Å². The number of unbranched alkanes of at least 4 members (excludes halogenated alkanes) is 15. The first-order chi connectivity index (χ1) is 13.8. The van der Waals surface area contributed by atoms with Gasteiger partial charge in [-0.3, -0.25) is 0 Å². The smallest absolute Gasteiger partial charge is 0.0736 e. The first kappa shape index (κ1) is 24.5. The van der Waals surface area contributed by atoms with E-state index < -0.39 is 5.97 Å². The second-order valence-electron chi connectivity index (χ2n) is 8.06. The van der Waals surface area contributed by atoms with E-state index >= 15 is 0 Å². The second-order valence-corrected chi connectivity index (χ2v) is 8.06. The predicted molar refractivity (Wildman–Crippen MR) is 119 cm³/mol. The number of anilines is 1. The fourth-order valence-corrected chi connectivity index (χ4v) is 3.71. The topological polar surface area (TPSA) is 52.2 Å². The molecule has 28 heavy (non-hydrogen) atoms. The van der Waals surface area contributed by atoms with E-state index in [0.29, 0.717) is 5.69 Å². The highest BCUT2D eigenvalue weighted by Crippen LogP contribution is 2.15. The number of carboxylic acid groups (broad SMARTS) is 1. The van der Waals surface area contributed by atoms with Gasteiger partial charge in [0.2, 0.25) is 0 Å². The van der Waals surface area contributed by atoms with Gasteiger partial charge in [0.25, 0.3) is 0 Å². The summed E-state index contributed by atoms with van der Waals surface area (Å²) in [6, 6.07) is 6.97. The van der Waals surface area contributed by atoms with E-state index in [2.05, 4.69) is 12.2 Å². The third-order valence-electron chi connectivity index (χ3n) is 5.49. The van der Waals surface area contributed by atoms with Gasteiger partial charge in [0, 0.05) is 17.8 Å². The average molecular weight is 389 g/mol. The molecule has 0 aliphatic heterocycles. The van der Waals surface area contributed by atoms with Gasteiger partial charge in [-0.2, -0.15) is 0 Å². The summed E-state index contributed by atoms with van der Waals surface area (Å²) < 4.78 is 0. The molecule has 1 aromatic rings. The third kappa shape index (κ3) is 12.8. The van der Waals surface area contributed by atoms with E-state index in [1.807, 2.05) is 6.07 Å². The molecule has 0 atom stereocenters. The third-order valence-corrected chi connectivity index (χ3v) is 5.49. The van der Waals surface area contributed by atoms with Crippen molar-refractivity contribution in [1.82, 2.24) is 0 Å². The number of hydrogen-bond donors (Lipinski definition) is 1. The lowest BCUT2D eigenvalue weighted by Crippen LogP contribution is -2.23. The zero-order chi connectivity index (χ0) is 20.3. The summed E-state index contributed by atoms with van der Waals surface area (Å²) in [5, 5.41) is 14.3. The molecule has 160 valence electrons. The Bertz CT molecular complexity index is 501. The number of nitrogens with one attached hydrogen (secondary N) is 1. The minimum Gasteiger partial charge on any atom is -0.545 e. The van der Waals surface area contributed by atoms with Crippen molar-refractivity contribution in [2.45, 2.75) is 110 Å². The molecular formula is C25H42NO2-. The first-order valence-corrected chi connectivity index (χ1v) is 11.8. The van der Waals surface area contributed by atoms with E-state index in [0.717, 1.165) is 13.0 Å². The van der Waals surface area contributed by atoms with Crippen molar-refractivity contribution in [2.24, 2.45) is 0 Å². The normalized spacial score (nSPS) is 10.9. The Morgan fingerprint density at radius 1 is 0.714 bits per heavy atom. The van der Waals surface area contributed by atoms with Gasteiger partial charge >= 0.3 is 0 Å². The van der Waals surface area contributed by atoms with Crippen LogP contribution in [0.2, 0.25) is 0 Å². The molecule has 1 rings (SSSR count). The van der Waals surface area contributed by atoms with Crippen LogP contribution in [0.25, 0.3) is 0 Å². The summed E-state index contributed by atoms with van der Waals surface area (Å²) in [4.78, 5) is 11.1. The average Bonchev–Trinajstić information content (AvgIpc) is 2.70. The van der Waals surface area contributed by atoms with Gasteiger partial charge in [-0.05, 0) is 12.5 Å². The number of para-hydroxylation sites is 1. The number of carbonyl (C=O) groups excluding carboxylic acids is 1. The Morgan fingerprint density at radius 3 is 1.61 bits per heavy atom. The Labute approximate surface area is 173 Å². The predicted octanol–water partition coefficient (Wildman–Crippen LogP) is 6.72. The van der Waals surface area contributed by atoms with Crippen LogP contribution in [-0.4, -0.2) is 12.5 Å². The molecule has 3 nitrogen and oxygen atoms in total. The summed E-state index contributed by atoms with van der Waals surface area (Å²) in [6.45, 7) is 3.10. The molecule has 0 aromatic heterocycles. The molecule has 3 heteroatoms. The van der Waals surface area contributed by atoms with Gasteiger partial charge in [0.1, 0.15) is 0 Å². The Morgan fingerprint density at radius 2 is 1.14 bits per heavy atom. The highest BCUT2D eigenvalue weighted by atomic mass is 16.4. The molecule has 1 N–H and O–H groups in total. The molecule has 0 aliphatic rings.